The Kier molecular flexibility index (Phi) is 5.25. The maximum atomic E-state index is 11.3. The largest absolute Gasteiger partial charge is 0.480 e. The smallest absolute Gasteiger partial charge is 0.327 e. The molecule has 2 N–H and O–H groups in total. The van der Waals surface area contributed by atoms with Gasteiger partial charge in [0.15, 0.2) is 0 Å². The van der Waals surface area contributed by atoms with E-state index in [4.69, 9.17) is 0 Å². The molecule has 1 aliphatic heterocycles. The maximum absolute atomic E-state index is 11.3. The second-order valence-electron chi connectivity index (χ2n) is 5.42. The van der Waals surface area contributed by atoms with Gasteiger partial charge in [0.2, 0.25) is 6.41 Å². The van der Waals surface area contributed by atoms with E-state index in [1.54, 1.807) is 0 Å². The van der Waals surface area contributed by atoms with Crippen molar-refractivity contribution in [2.24, 2.45) is 0 Å². The van der Waals surface area contributed by atoms with Crippen LogP contribution in [0, 0.1) is 0 Å². The first-order valence-electron chi connectivity index (χ1n) is 6.96. The number of likely N-dealkylation sites (tertiary alicyclic amines) is 1. The third-order valence-corrected chi connectivity index (χ3v) is 4.70. The lowest BCUT2D eigenvalue weighted by molar-refractivity contribution is -0.142. The molecule has 1 saturated heterocycles. The van der Waals surface area contributed by atoms with Gasteiger partial charge in [-0.25, -0.2) is 4.79 Å². The van der Waals surface area contributed by atoms with Crippen LogP contribution in [0.15, 0.2) is 30.3 Å². The number of carbonyl (C=O) groups is 2. The molecule has 0 saturated carbocycles. The van der Waals surface area contributed by atoms with E-state index in [1.807, 2.05) is 18.2 Å². The van der Waals surface area contributed by atoms with Gasteiger partial charge in [-0.15, -0.1) is 0 Å². The number of carboxylic acids is 1. The van der Waals surface area contributed by atoms with E-state index >= 15 is 0 Å². The number of hydrogen-bond donors (Lipinski definition) is 3. The molecule has 1 atom stereocenters. The molecule has 0 aromatic heterocycles. The zero-order valence-corrected chi connectivity index (χ0v) is 12.6. The number of rotatable bonds is 6. The SMILES string of the molecule is O=CN[C@@H](C(=O)O)C1(S)CCN(Cc2ccccc2)CC1. The van der Waals surface area contributed by atoms with E-state index < -0.39 is 16.8 Å². The summed E-state index contributed by atoms with van der Waals surface area (Å²) in [6.07, 6.45) is 1.69. The molecule has 0 bridgehead atoms. The number of nitrogens with zero attached hydrogens (tertiary/aromatic N) is 1. The van der Waals surface area contributed by atoms with Gasteiger partial charge in [-0.3, -0.25) is 9.69 Å². The summed E-state index contributed by atoms with van der Waals surface area (Å²) in [5, 5.41) is 11.6. The highest BCUT2D eigenvalue weighted by Gasteiger charge is 2.42. The number of hydrogen-bond acceptors (Lipinski definition) is 4. The molecule has 1 amide bonds. The van der Waals surface area contributed by atoms with Crippen molar-refractivity contribution in [1.82, 2.24) is 10.2 Å². The zero-order valence-electron chi connectivity index (χ0n) is 11.7. The fourth-order valence-corrected chi connectivity index (χ4v) is 3.14. The number of amides is 1. The van der Waals surface area contributed by atoms with E-state index in [1.165, 1.54) is 5.56 Å². The fourth-order valence-electron chi connectivity index (χ4n) is 2.75. The number of thiol groups is 1. The van der Waals surface area contributed by atoms with Gasteiger partial charge in [0, 0.05) is 11.3 Å². The summed E-state index contributed by atoms with van der Waals surface area (Å²) in [7, 11) is 0. The topological polar surface area (TPSA) is 69.6 Å². The van der Waals surface area contributed by atoms with Crippen molar-refractivity contribution in [3.8, 4) is 0 Å². The molecule has 0 radical (unpaired) electrons. The van der Waals surface area contributed by atoms with Crippen molar-refractivity contribution < 1.29 is 14.7 Å². The number of carbonyl (C=O) groups excluding carboxylic acids is 1. The van der Waals surface area contributed by atoms with Crippen LogP contribution in [0.4, 0.5) is 0 Å². The van der Waals surface area contributed by atoms with E-state index in [9.17, 15) is 14.7 Å². The van der Waals surface area contributed by atoms with Crippen molar-refractivity contribution in [2.75, 3.05) is 13.1 Å². The van der Waals surface area contributed by atoms with E-state index in [0.29, 0.717) is 19.3 Å². The molecular weight excluding hydrogens is 288 g/mol. The molecular formula is C15H20N2O3S. The van der Waals surface area contributed by atoms with Crippen molar-refractivity contribution >= 4 is 25.0 Å². The average Bonchev–Trinajstić information content (AvgIpc) is 2.48. The van der Waals surface area contributed by atoms with Crippen LogP contribution in [-0.2, 0) is 16.1 Å². The van der Waals surface area contributed by atoms with Crippen LogP contribution >= 0.6 is 12.6 Å². The number of piperidine rings is 1. The van der Waals surface area contributed by atoms with Crippen molar-refractivity contribution in [3.63, 3.8) is 0 Å². The molecule has 1 aromatic carbocycles. The zero-order chi connectivity index (χ0) is 15.3. The van der Waals surface area contributed by atoms with E-state index in [-0.39, 0.29) is 0 Å². The number of aliphatic carboxylic acids is 1. The first kappa shape index (κ1) is 15.9. The summed E-state index contributed by atoms with van der Waals surface area (Å²) in [5.41, 5.74) is 1.24. The summed E-state index contributed by atoms with van der Waals surface area (Å²) in [6.45, 7) is 2.38. The molecule has 5 nitrogen and oxygen atoms in total. The molecule has 1 fully saturated rings. The second kappa shape index (κ2) is 6.95. The Morgan fingerprint density at radius 2 is 2.00 bits per heavy atom. The van der Waals surface area contributed by atoms with Crippen molar-refractivity contribution in [2.45, 2.75) is 30.2 Å². The van der Waals surface area contributed by atoms with E-state index in [0.717, 1.165) is 19.6 Å². The standard InChI is InChI=1S/C15H20N2O3S/c18-11-16-13(14(19)20)15(21)6-8-17(9-7-15)10-12-4-2-1-3-5-12/h1-5,11,13,21H,6-10H2,(H,16,18)(H,19,20)/t13-/m0/s1. The first-order valence-corrected chi connectivity index (χ1v) is 7.41. The summed E-state index contributed by atoms with van der Waals surface area (Å²) < 4.78 is -0.695. The molecule has 2 rings (SSSR count). The Balaban J connectivity index is 1.95. The lowest BCUT2D eigenvalue weighted by Crippen LogP contribution is -2.56. The Morgan fingerprint density at radius 1 is 1.38 bits per heavy atom. The van der Waals surface area contributed by atoms with Crippen molar-refractivity contribution in [1.29, 1.82) is 0 Å². The molecule has 1 heterocycles. The lowest BCUT2D eigenvalue weighted by Gasteiger charge is -2.41. The van der Waals surface area contributed by atoms with Crippen molar-refractivity contribution in [3.05, 3.63) is 35.9 Å². The van der Waals surface area contributed by atoms with Gasteiger partial charge in [-0.2, -0.15) is 12.6 Å². The van der Waals surface area contributed by atoms with Crippen LogP contribution < -0.4 is 5.32 Å². The average molecular weight is 308 g/mol. The van der Waals surface area contributed by atoms with Gasteiger partial charge >= 0.3 is 5.97 Å². The van der Waals surface area contributed by atoms with Gasteiger partial charge < -0.3 is 10.4 Å². The normalized spacial score (nSPS) is 19.7. The molecule has 114 valence electrons. The number of benzene rings is 1. The summed E-state index contributed by atoms with van der Waals surface area (Å²) >= 11 is 4.56. The minimum Gasteiger partial charge on any atom is -0.480 e. The van der Waals surface area contributed by atoms with Gasteiger partial charge in [0.25, 0.3) is 0 Å². The molecule has 1 aromatic rings. The minimum absolute atomic E-state index is 0.438. The molecule has 21 heavy (non-hydrogen) atoms. The highest BCUT2D eigenvalue weighted by atomic mass is 32.1. The monoisotopic (exact) mass is 308 g/mol. The quantitative estimate of drug-likeness (QED) is 0.545. The third kappa shape index (κ3) is 3.98. The minimum atomic E-state index is -1.03. The van der Waals surface area contributed by atoms with Crippen LogP contribution in [0.5, 0.6) is 0 Å². The summed E-state index contributed by atoms with van der Waals surface area (Å²) in [6, 6.07) is 9.22. The van der Waals surface area contributed by atoms with E-state index in [2.05, 4.69) is 35.0 Å². The first-order chi connectivity index (χ1) is 10.0. The number of nitrogens with one attached hydrogen (secondary N) is 1. The van der Waals surface area contributed by atoms with Crippen LogP contribution in [0.2, 0.25) is 0 Å². The highest BCUT2D eigenvalue weighted by molar-refractivity contribution is 7.82. The predicted octanol–water partition coefficient (Wildman–Crippen LogP) is 1.15. The van der Waals surface area contributed by atoms with Crippen LogP contribution in [0.25, 0.3) is 0 Å². The van der Waals surface area contributed by atoms with Gasteiger partial charge in [-0.05, 0) is 31.5 Å². The number of carboxylic acid groups (broad SMARTS) is 1. The molecule has 0 spiro atoms. The van der Waals surface area contributed by atoms with Gasteiger partial charge in [0.1, 0.15) is 6.04 Å². The van der Waals surface area contributed by atoms with Gasteiger partial charge in [-0.1, -0.05) is 30.3 Å². The third-order valence-electron chi connectivity index (χ3n) is 3.99. The van der Waals surface area contributed by atoms with Crippen LogP contribution in [-0.4, -0.2) is 46.3 Å². The second-order valence-corrected chi connectivity index (χ2v) is 6.31. The molecule has 6 heteroatoms. The Morgan fingerprint density at radius 3 is 2.52 bits per heavy atom. The maximum Gasteiger partial charge on any atom is 0.327 e. The molecule has 0 unspecified atom stereocenters. The predicted molar refractivity (Wildman–Crippen MR) is 83.3 cm³/mol. The summed E-state index contributed by atoms with van der Waals surface area (Å²) in [5.74, 6) is -1.03. The highest BCUT2D eigenvalue weighted by Crippen LogP contribution is 2.33. The lowest BCUT2D eigenvalue weighted by atomic mass is 9.88. The fraction of sp³-hybridized carbons (Fsp3) is 0.467. The molecule has 1 aliphatic rings. The van der Waals surface area contributed by atoms with Gasteiger partial charge in [0.05, 0.1) is 0 Å². The Bertz CT molecular complexity index is 487. The Hall–Kier alpha value is -1.53. The Labute approximate surface area is 129 Å². The van der Waals surface area contributed by atoms with Crippen LogP contribution in [0.3, 0.4) is 0 Å². The van der Waals surface area contributed by atoms with Crippen LogP contribution in [0.1, 0.15) is 18.4 Å². The summed E-state index contributed by atoms with van der Waals surface area (Å²) in [4.78, 5) is 24.2. The molecule has 0 aliphatic carbocycles.